The molecule has 0 aliphatic carbocycles. The Balaban J connectivity index is 2.19. The number of rotatable bonds is 5. The van der Waals surface area contributed by atoms with Gasteiger partial charge in [0.15, 0.2) is 0 Å². The maximum atomic E-state index is 11.1. The Labute approximate surface area is 126 Å². The van der Waals surface area contributed by atoms with Crippen LogP contribution in [0.5, 0.6) is 11.5 Å². The number of anilines is 1. The molecule has 0 aliphatic rings. The maximum Gasteiger partial charge on any atom is 0.296 e. The highest BCUT2D eigenvalue weighted by atomic mass is 35.5. The van der Waals surface area contributed by atoms with Crippen molar-refractivity contribution in [3.63, 3.8) is 0 Å². The van der Waals surface area contributed by atoms with Crippen molar-refractivity contribution in [2.24, 2.45) is 0 Å². The van der Waals surface area contributed by atoms with Crippen molar-refractivity contribution in [2.45, 2.75) is 6.54 Å². The van der Waals surface area contributed by atoms with Crippen molar-refractivity contribution in [3.05, 3.63) is 57.1 Å². The molecule has 2 rings (SSSR count). The van der Waals surface area contributed by atoms with E-state index >= 15 is 0 Å². The second-order valence-electron chi connectivity index (χ2n) is 4.28. The summed E-state index contributed by atoms with van der Waals surface area (Å²) in [6.07, 6.45) is 0. The molecule has 6 nitrogen and oxygen atoms in total. The van der Waals surface area contributed by atoms with Gasteiger partial charge in [-0.1, -0.05) is 17.7 Å². The number of nitro benzene ring substituents is 1. The van der Waals surface area contributed by atoms with Crippen LogP contribution in [0.25, 0.3) is 0 Å². The molecule has 0 saturated heterocycles. The molecular formula is C14H13ClN2O4. The van der Waals surface area contributed by atoms with Crippen molar-refractivity contribution in [1.29, 1.82) is 0 Å². The summed E-state index contributed by atoms with van der Waals surface area (Å²) in [6, 6.07) is 9.33. The zero-order chi connectivity index (χ0) is 15.4. The fourth-order valence-corrected chi connectivity index (χ4v) is 2.00. The minimum Gasteiger partial charge on any atom is -0.506 e. The van der Waals surface area contributed by atoms with Crippen molar-refractivity contribution >= 4 is 23.0 Å². The highest BCUT2D eigenvalue weighted by Crippen LogP contribution is 2.30. The Kier molecular flexibility index (Phi) is 4.49. The summed E-state index contributed by atoms with van der Waals surface area (Å²) < 4.78 is 4.97. The molecule has 0 fully saturated rings. The summed E-state index contributed by atoms with van der Waals surface area (Å²) in [5.74, 6) is 0.413. The molecule has 0 aromatic heterocycles. The van der Waals surface area contributed by atoms with E-state index in [1.54, 1.807) is 24.3 Å². The van der Waals surface area contributed by atoms with E-state index in [9.17, 15) is 15.2 Å². The number of hydrogen-bond donors (Lipinski definition) is 2. The van der Waals surface area contributed by atoms with E-state index in [1.807, 2.05) is 0 Å². The van der Waals surface area contributed by atoms with Gasteiger partial charge in [0, 0.05) is 6.54 Å². The number of nitrogens with one attached hydrogen (secondary N) is 1. The topological polar surface area (TPSA) is 84.6 Å². The Bertz CT molecular complexity index is 676. The summed E-state index contributed by atoms with van der Waals surface area (Å²) in [5.41, 5.74) is 1.10. The van der Waals surface area contributed by atoms with Gasteiger partial charge >= 0.3 is 0 Å². The molecule has 110 valence electrons. The summed E-state index contributed by atoms with van der Waals surface area (Å²) in [5, 5.41) is 23.6. The Morgan fingerprint density at radius 2 is 2.10 bits per heavy atom. The van der Waals surface area contributed by atoms with Gasteiger partial charge in [0.1, 0.15) is 17.2 Å². The first-order chi connectivity index (χ1) is 10.0. The van der Waals surface area contributed by atoms with Crippen LogP contribution in [0.1, 0.15) is 5.56 Å². The normalized spacial score (nSPS) is 10.2. The van der Waals surface area contributed by atoms with Crippen LogP contribution in [0.3, 0.4) is 0 Å². The number of nitrogens with zero attached hydrogens (tertiary/aromatic N) is 1. The monoisotopic (exact) mass is 308 g/mol. The van der Waals surface area contributed by atoms with Crippen LogP contribution in [0.4, 0.5) is 11.4 Å². The van der Waals surface area contributed by atoms with Crippen molar-refractivity contribution < 1.29 is 14.8 Å². The van der Waals surface area contributed by atoms with Crippen molar-refractivity contribution in [1.82, 2.24) is 0 Å². The molecule has 0 saturated carbocycles. The minimum absolute atomic E-state index is 0.00385. The molecule has 2 aromatic rings. The highest BCUT2D eigenvalue weighted by Gasteiger charge is 2.15. The number of nitro groups is 1. The molecule has 2 aromatic carbocycles. The molecule has 21 heavy (non-hydrogen) atoms. The zero-order valence-electron chi connectivity index (χ0n) is 11.2. The standard InChI is InChI=1S/C14H13ClN2O4/c1-21-10-3-4-12(13(7-10)17(19)20)16-8-9-2-5-14(18)11(15)6-9/h2-7,16,18H,8H2,1H3. The number of halogens is 1. The number of benzene rings is 2. The van der Waals surface area contributed by atoms with E-state index < -0.39 is 4.92 Å². The Morgan fingerprint density at radius 1 is 1.33 bits per heavy atom. The molecular weight excluding hydrogens is 296 g/mol. The van der Waals surface area contributed by atoms with Crippen LogP contribution in [0, 0.1) is 10.1 Å². The third-order valence-electron chi connectivity index (χ3n) is 2.90. The molecule has 2 N–H and O–H groups in total. The summed E-state index contributed by atoms with van der Waals surface area (Å²) in [4.78, 5) is 10.6. The SMILES string of the molecule is COc1ccc(NCc2ccc(O)c(Cl)c2)c([N+](=O)[O-])c1. The quantitative estimate of drug-likeness (QED) is 0.651. The van der Waals surface area contributed by atoms with Gasteiger partial charge in [0.25, 0.3) is 5.69 Å². The van der Waals surface area contributed by atoms with E-state index in [-0.39, 0.29) is 16.5 Å². The van der Waals surface area contributed by atoms with Crippen LogP contribution in [0.2, 0.25) is 5.02 Å². The second-order valence-corrected chi connectivity index (χ2v) is 4.69. The highest BCUT2D eigenvalue weighted by molar-refractivity contribution is 6.32. The van der Waals surface area contributed by atoms with Crippen LogP contribution >= 0.6 is 11.6 Å². The lowest BCUT2D eigenvalue weighted by atomic mass is 10.2. The van der Waals surface area contributed by atoms with Gasteiger partial charge in [-0.2, -0.15) is 0 Å². The molecule has 0 unspecified atom stereocenters. The Morgan fingerprint density at radius 3 is 2.71 bits per heavy atom. The first kappa shape index (κ1) is 14.9. The summed E-state index contributed by atoms with van der Waals surface area (Å²) in [7, 11) is 1.45. The molecule has 0 amide bonds. The van der Waals surface area contributed by atoms with E-state index in [4.69, 9.17) is 16.3 Å². The fraction of sp³-hybridized carbons (Fsp3) is 0.143. The molecule has 0 spiro atoms. The number of hydrogen-bond acceptors (Lipinski definition) is 5. The van der Waals surface area contributed by atoms with Crippen LogP contribution in [0.15, 0.2) is 36.4 Å². The largest absolute Gasteiger partial charge is 0.506 e. The smallest absolute Gasteiger partial charge is 0.296 e. The van der Waals surface area contributed by atoms with Gasteiger partial charge in [-0.05, 0) is 29.8 Å². The molecule has 0 bridgehead atoms. The predicted molar refractivity (Wildman–Crippen MR) is 80.1 cm³/mol. The first-order valence-electron chi connectivity index (χ1n) is 6.05. The van der Waals surface area contributed by atoms with Gasteiger partial charge in [0.2, 0.25) is 0 Å². The number of aromatic hydroxyl groups is 1. The second kappa shape index (κ2) is 6.32. The van der Waals surface area contributed by atoms with E-state index in [1.165, 1.54) is 19.2 Å². The molecule has 0 aliphatic heterocycles. The summed E-state index contributed by atoms with van der Waals surface area (Å²) >= 11 is 5.81. The molecule has 0 heterocycles. The van der Waals surface area contributed by atoms with Gasteiger partial charge < -0.3 is 15.2 Å². The average molecular weight is 309 g/mol. The maximum absolute atomic E-state index is 11.1. The molecule has 0 radical (unpaired) electrons. The number of phenolic OH excluding ortho intramolecular Hbond substituents is 1. The third-order valence-corrected chi connectivity index (χ3v) is 3.20. The lowest BCUT2D eigenvalue weighted by Gasteiger charge is -2.09. The van der Waals surface area contributed by atoms with E-state index in [0.717, 1.165) is 5.56 Å². The lowest BCUT2D eigenvalue weighted by molar-refractivity contribution is -0.384. The van der Waals surface area contributed by atoms with E-state index in [0.29, 0.717) is 18.0 Å². The number of methoxy groups -OCH3 is 1. The Hall–Kier alpha value is -2.47. The van der Waals surface area contributed by atoms with Crippen LogP contribution in [-0.4, -0.2) is 17.1 Å². The van der Waals surface area contributed by atoms with Crippen LogP contribution in [-0.2, 0) is 6.54 Å². The number of phenols is 1. The average Bonchev–Trinajstić information content (AvgIpc) is 2.48. The minimum atomic E-state index is -0.478. The number of ether oxygens (including phenoxy) is 1. The zero-order valence-corrected chi connectivity index (χ0v) is 11.9. The fourth-order valence-electron chi connectivity index (χ4n) is 1.80. The predicted octanol–water partition coefficient (Wildman–Crippen LogP) is 3.57. The first-order valence-corrected chi connectivity index (χ1v) is 6.42. The van der Waals surface area contributed by atoms with Gasteiger partial charge in [-0.25, -0.2) is 0 Å². The van der Waals surface area contributed by atoms with Gasteiger partial charge in [-0.15, -0.1) is 0 Å². The molecule has 7 heteroatoms. The summed E-state index contributed by atoms with van der Waals surface area (Å²) in [6.45, 7) is 0.340. The third kappa shape index (κ3) is 3.55. The van der Waals surface area contributed by atoms with Gasteiger partial charge in [-0.3, -0.25) is 10.1 Å². The van der Waals surface area contributed by atoms with Crippen molar-refractivity contribution in [2.75, 3.05) is 12.4 Å². The van der Waals surface area contributed by atoms with E-state index in [2.05, 4.69) is 5.32 Å². The lowest BCUT2D eigenvalue weighted by Crippen LogP contribution is -2.03. The van der Waals surface area contributed by atoms with Gasteiger partial charge in [0.05, 0.1) is 23.1 Å². The molecule has 0 atom stereocenters. The van der Waals surface area contributed by atoms with Crippen LogP contribution < -0.4 is 10.1 Å². The van der Waals surface area contributed by atoms with Crippen molar-refractivity contribution in [3.8, 4) is 11.5 Å².